The van der Waals surface area contributed by atoms with Crippen molar-refractivity contribution in [3.05, 3.63) is 30.3 Å². The smallest absolute Gasteiger partial charge is 0.301 e. The molecule has 3 nitrogen and oxygen atoms in total. The summed E-state index contributed by atoms with van der Waals surface area (Å²) in [7, 11) is 0. The number of benzene rings is 1. The minimum Gasteiger partial charge on any atom is -0.301 e. The van der Waals surface area contributed by atoms with E-state index in [2.05, 4.69) is 4.89 Å². The topological polar surface area (TPSA) is 46.5 Å². The van der Waals surface area contributed by atoms with Gasteiger partial charge in [0.25, 0.3) is 0 Å². The maximum Gasteiger partial charge on any atom is 0.342 e. The van der Waals surface area contributed by atoms with Crippen LogP contribution < -0.4 is 0 Å². The summed E-state index contributed by atoms with van der Waals surface area (Å²) in [4.78, 5) is 15.3. The zero-order valence-corrected chi connectivity index (χ0v) is 8.50. The summed E-state index contributed by atoms with van der Waals surface area (Å²) in [6.45, 7) is 0. The summed E-state index contributed by atoms with van der Waals surface area (Å²) in [6, 6.07) is 9.96. The third-order valence-corrected chi connectivity index (χ3v) is 2.74. The predicted octanol–water partition coefficient (Wildman–Crippen LogP) is 2.58. The van der Waals surface area contributed by atoms with E-state index in [1.807, 2.05) is 30.3 Å². The van der Waals surface area contributed by atoms with Crippen molar-refractivity contribution in [2.75, 3.05) is 5.75 Å². The fraction of sp³-hybridized carbons (Fsp3) is 0.300. The molecule has 4 heteroatoms. The molecule has 0 bridgehead atoms. The van der Waals surface area contributed by atoms with Gasteiger partial charge in [-0.15, -0.1) is 11.8 Å². The van der Waals surface area contributed by atoms with Crippen molar-refractivity contribution >= 4 is 17.7 Å². The minimum atomic E-state index is -0.571. The summed E-state index contributed by atoms with van der Waals surface area (Å²) in [5.41, 5.74) is 0. The third-order valence-electron chi connectivity index (χ3n) is 1.64. The van der Waals surface area contributed by atoms with E-state index < -0.39 is 5.97 Å². The maximum absolute atomic E-state index is 10.5. The van der Waals surface area contributed by atoms with Crippen molar-refractivity contribution in [3.63, 3.8) is 0 Å². The molecule has 1 N–H and O–H groups in total. The predicted molar refractivity (Wildman–Crippen MR) is 55.1 cm³/mol. The first kappa shape index (κ1) is 11.1. The Balaban J connectivity index is 2.13. The highest BCUT2D eigenvalue weighted by Gasteiger charge is 2.01. The highest BCUT2D eigenvalue weighted by atomic mass is 32.2. The van der Waals surface area contributed by atoms with Crippen molar-refractivity contribution in [1.29, 1.82) is 0 Å². The second-order valence-corrected chi connectivity index (χ2v) is 3.90. The van der Waals surface area contributed by atoms with E-state index in [-0.39, 0.29) is 6.42 Å². The fourth-order valence-electron chi connectivity index (χ4n) is 0.969. The molecule has 0 aliphatic rings. The van der Waals surface area contributed by atoms with Gasteiger partial charge in [-0.2, -0.15) is 5.26 Å². The van der Waals surface area contributed by atoms with Crippen LogP contribution in [0.4, 0.5) is 0 Å². The van der Waals surface area contributed by atoms with Crippen LogP contribution in [0.15, 0.2) is 35.2 Å². The molecule has 0 radical (unpaired) electrons. The van der Waals surface area contributed by atoms with Gasteiger partial charge in [-0.1, -0.05) is 18.2 Å². The maximum atomic E-state index is 10.5. The molecule has 1 aromatic carbocycles. The monoisotopic (exact) mass is 212 g/mol. The molecular weight excluding hydrogens is 200 g/mol. The van der Waals surface area contributed by atoms with E-state index in [1.54, 1.807) is 11.8 Å². The Kier molecular flexibility index (Phi) is 5.11. The Morgan fingerprint density at radius 3 is 2.71 bits per heavy atom. The molecule has 0 aromatic heterocycles. The Hall–Kier alpha value is -1.00. The van der Waals surface area contributed by atoms with Crippen LogP contribution in [0.1, 0.15) is 12.8 Å². The van der Waals surface area contributed by atoms with Gasteiger partial charge in [0.15, 0.2) is 0 Å². The molecule has 0 aliphatic heterocycles. The first-order valence-corrected chi connectivity index (χ1v) is 5.33. The molecule has 0 atom stereocenters. The van der Waals surface area contributed by atoms with Gasteiger partial charge in [-0.3, -0.25) is 0 Å². The molecular formula is C10H12O3S. The largest absolute Gasteiger partial charge is 0.342 e. The van der Waals surface area contributed by atoms with Gasteiger partial charge in [0.2, 0.25) is 0 Å². The van der Waals surface area contributed by atoms with Crippen molar-refractivity contribution < 1.29 is 14.9 Å². The summed E-state index contributed by atoms with van der Waals surface area (Å²) in [5, 5.41) is 7.99. The van der Waals surface area contributed by atoms with Crippen LogP contribution in [0.5, 0.6) is 0 Å². The Labute approximate surface area is 87.0 Å². The van der Waals surface area contributed by atoms with E-state index in [0.717, 1.165) is 5.75 Å². The van der Waals surface area contributed by atoms with Gasteiger partial charge in [0.1, 0.15) is 0 Å². The lowest BCUT2D eigenvalue weighted by atomic mass is 10.3. The normalized spacial score (nSPS) is 9.79. The van der Waals surface area contributed by atoms with Crippen molar-refractivity contribution in [3.8, 4) is 0 Å². The lowest BCUT2D eigenvalue weighted by molar-refractivity contribution is -0.234. The first-order valence-electron chi connectivity index (χ1n) is 4.35. The summed E-state index contributed by atoms with van der Waals surface area (Å²) < 4.78 is 0. The fourth-order valence-corrected chi connectivity index (χ4v) is 1.84. The highest BCUT2D eigenvalue weighted by Crippen LogP contribution is 2.18. The molecule has 0 saturated carbocycles. The van der Waals surface area contributed by atoms with E-state index in [9.17, 15) is 4.79 Å². The number of hydrogen-bond donors (Lipinski definition) is 1. The van der Waals surface area contributed by atoms with Gasteiger partial charge >= 0.3 is 5.97 Å². The van der Waals surface area contributed by atoms with Crippen molar-refractivity contribution in [2.45, 2.75) is 17.7 Å². The Bertz CT molecular complexity index is 274. The summed E-state index contributed by atoms with van der Waals surface area (Å²) >= 11 is 1.68. The van der Waals surface area contributed by atoms with Crippen LogP contribution in [-0.4, -0.2) is 17.0 Å². The van der Waals surface area contributed by atoms with Crippen LogP contribution >= 0.6 is 11.8 Å². The van der Waals surface area contributed by atoms with Crippen LogP contribution in [0.2, 0.25) is 0 Å². The number of carbonyl (C=O) groups is 1. The summed E-state index contributed by atoms with van der Waals surface area (Å²) in [5.74, 6) is 0.276. The lowest BCUT2D eigenvalue weighted by Crippen LogP contribution is -2.00. The van der Waals surface area contributed by atoms with Gasteiger partial charge < -0.3 is 4.89 Å². The molecule has 0 saturated heterocycles. The van der Waals surface area contributed by atoms with Gasteiger partial charge in [0.05, 0.1) is 0 Å². The Morgan fingerprint density at radius 1 is 1.36 bits per heavy atom. The average Bonchev–Trinajstić information content (AvgIpc) is 2.25. The van der Waals surface area contributed by atoms with Crippen LogP contribution in [-0.2, 0) is 9.68 Å². The van der Waals surface area contributed by atoms with E-state index in [4.69, 9.17) is 5.26 Å². The number of carbonyl (C=O) groups excluding carboxylic acids is 1. The Morgan fingerprint density at radius 2 is 2.07 bits per heavy atom. The van der Waals surface area contributed by atoms with Gasteiger partial charge in [-0.05, 0) is 24.3 Å². The first-order chi connectivity index (χ1) is 6.83. The van der Waals surface area contributed by atoms with Gasteiger partial charge in [0, 0.05) is 11.3 Å². The standard InChI is InChI=1S/C10H12O3S/c11-10(13-12)7-4-8-14-9-5-2-1-3-6-9/h1-3,5-6,12H,4,7-8H2. The summed E-state index contributed by atoms with van der Waals surface area (Å²) in [6.07, 6.45) is 0.968. The van der Waals surface area contributed by atoms with Crippen molar-refractivity contribution in [1.82, 2.24) is 0 Å². The average molecular weight is 212 g/mol. The van der Waals surface area contributed by atoms with E-state index in [1.165, 1.54) is 4.90 Å². The number of hydrogen-bond acceptors (Lipinski definition) is 4. The SMILES string of the molecule is O=C(CCCSc1ccccc1)OO. The highest BCUT2D eigenvalue weighted by molar-refractivity contribution is 7.99. The second-order valence-electron chi connectivity index (χ2n) is 2.73. The van der Waals surface area contributed by atoms with Crippen LogP contribution in [0, 0.1) is 0 Å². The zero-order valence-electron chi connectivity index (χ0n) is 7.68. The molecule has 14 heavy (non-hydrogen) atoms. The van der Waals surface area contributed by atoms with Gasteiger partial charge in [-0.25, -0.2) is 4.79 Å². The molecule has 0 amide bonds. The molecule has 1 aromatic rings. The molecule has 0 aliphatic carbocycles. The number of thioether (sulfide) groups is 1. The molecule has 0 spiro atoms. The third kappa shape index (κ3) is 4.30. The zero-order chi connectivity index (χ0) is 10.2. The van der Waals surface area contributed by atoms with E-state index >= 15 is 0 Å². The molecule has 0 fully saturated rings. The van der Waals surface area contributed by atoms with Crippen LogP contribution in [0.3, 0.4) is 0 Å². The minimum absolute atomic E-state index is 0.260. The molecule has 0 unspecified atom stereocenters. The second kappa shape index (κ2) is 6.45. The molecule has 76 valence electrons. The van der Waals surface area contributed by atoms with Crippen LogP contribution in [0.25, 0.3) is 0 Å². The van der Waals surface area contributed by atoms with E-state index in [0.29, 0.717) is 6.42 Å². The van der Waals surface area contributed by atoms with Crippen molar-refractivity contribution in [2.24, 2.45) is 0 Å². The lowest BCUT2D eigenvalue weighted by Gasteiger charge is -1.99. The quantitative estimate of drug-likeness (QED) is 0.352. The molecule has 0 heterocycles. The number of rotatable bonds is 5. The molecule has 1 rings (SSSR count).